The van der Waals surface area contributed by atoms with Gasteiger partial charge in [-0.25, -0.2) is 4.39 Å². The molecule has 3 aromatic rings. The van der Waals surface area contributed by atoms with Gasteiger partial charge in [0, 0.05) is 23.0 Å². The first-order valence-corrected chi connectivity index (χ1v) is 6.36. The summed E-state index contributed by atoms with van der Waals surface area (Å²) in [5.74, 6) is 1.69. The Kier molecular flexibility index (Phi) is 2.21. The summed E-state index contributed by atoms with van der Waals surface area (Å²) in [6, 6.07) is 6.64. The fourth-order valence-electron chi connectivity index (χ4n) is 2.29. The van der Waals surface area contributed by atoms with Gasteiger partial charge in [0.1, 0.15) is 12.4 Å². The normalized spacial score (nSPS) is 15.2. The molecule has 0 aliphatic heterocycles. The van der Waals surface area contributed by atoms with Gasteiger partial charge in [0.2, 0.25) is 5.89 Å². The highest BCUT2D eigenvalue weighted by Gasteiger charge is 2.28. The summed E-state index contributed by atoms with van der Waals surface area (Å²) in [6.45, 7) is 0.523. The van der Waals surface area contributed by atoms with Crippen molar-refractivity contribution in [1.82, 2.24) is 14.7 Å². The summed E-state index contributed by atoms with van der Waals surface area (Å²) < 4.78 is 20.4. The summed E-state index contributed by atoms with van der Waals surface area (Å²) in [5, 5.41) is 4.87. The first-order chi connectivity index (χ1) is 9.29. The molecule has 1 fully saturated rings. The van der Waals surface area contributed by atoms with Gasteiger partial charge in [0.05, 0.1) is 0 Å². The van der Waals surface area contributed by atoms with Crippen LogP contribution in [0, 0.1) is 5.82 Å². The Morgan fingerprint density at radius 1 is 1.32 bits per heavy atom. The SMILES string of the molecule is Fc1ccc2c(ccn2Cc2nc(C3CC3)no2)c1. The molecule has 1 aliphatic carbocycles. The Balaban J connectivity index is 1.66. The highest BCUT2D eigenvalue weighted by Crippen LogP contribution is 2.38. The number of aromatic nitrogens is 3. The van der Waals surface area contributed by atoms with Crippen LogP contribution < -0.4 is 0 Å². The molecule has 0 unspecified atom stereocenters. The van der Waals surface area contributed by atoms with Gasteiger partial charge in [-0.2, -0.15) is 4.98 Å². The largest absolute Gasteiger partial charge is 0.338 e. The fourth-order valence-corrected chi connectivity index (χ4v) is 2.29. The maximum absolute atomic E-state index is 13.1. The van der Waals surface area contributed by atoms with Gasteiger partial charge < -0.3 is 9.09 Å². The molecular weight excluding hydrogens is 245 g/mol. The van der Waals surface area contributed by atoms with Gasteiger partial charge in [0.15, 0.2) is 5.82 Å². The zero-order valence-corrected chi connectivity index (χ0v) is 10.2. The van der Waals surface area contributed by atoms with E-state index < -0.39 is 0 Å². The van der Waals surface area contributed by atoms with Crippen molar-refractivity contribution >= 4 is 10.9 Å². The van der Waals surface area contributed by atoms with Crippen molar-refractivity contribution < 1.29 is 8.91 Å². The van der Waals surface area contributed by atoms with E-state index in [0.29, 0.717) is 18.4 Å². The monoisotopic (exact) mass is 257 g/mol. The van der Waals surface area contributed by atoms with Gasteiger partial charge >= 0.3 is 0 Å². The summed E-state index contributed by atoms with van der Waals surface area (Å²) in [6.07, 6.45) is 4.22. The van der Waals surface area contributed by atoms with E-state index in [4.69, 9.17) is 4.52 Å². The average Bonchev–Trinajstić information content (AvgIpc) is 3.03. The molecule has 96 valence electrons. The molecule has 1 aromatic carbocycles. The second-order valence-corrected chi connectivity index (χ2v) is 4.97. The molecule has 4 rings (SSSR count). The molecule has 0 spiro atoms. The van der Waals surface area contributed by atoms with Crippen LogP contribution >= 0.6 is 0 Å². The lowest BCUT2D eigenvalue weighted by molar-refractivity contribution is 0.367. The quantitative estimate of drug-likeness (QED) is 0.724. The average molecular weight is 257 g/mol. The zero-order valence-electron chi connectivity index (χ0n) is 10.2. The predicted octanol–water partition coefficient (Wildman–Crippen LogP) is 3.09. The van der Waals surface area contributed by atoms with E-state index >= 15 is 0 Å². The summed E-state index contributed by atoms with van der Waals surface area (Å²) in [5.41, 5.74) is 0.965. The second-order valence-electron chi connectivity index (χ2n) is 4.97. The van der Waals surface area contributed by atoms with Crippen LogP contribution in [-0.2, 0) is 6.54 Å². The molecule has 1 saturated carbocycles. The van der Waals surface area contributed by atoms with Crippen LogP contribution in [0.15, 0.2) is 35.0 Å². The molecule has 0 radical (unpaired) electrons. The van der Waals surface area contributed by atoms with E-state index in [1.54, 1.807) is 6.07 Å². The molecular formula is C14H12FN3O. The van der Waals surface area contributed by atoms with Crippen molar-refractivity contribution in [3.05, 3.63) is 48.0 Å². The molecule has 19 heavy (non-hydrogen) atoms. The second kappa shape index (κ2) is 3.91. The smallest absolute Gasteiger partial charge is 0.246 e. The molecule has 0 bridgehead atoms. The maximum Gasteiger partial charge on any atom is 0.246 e. The first-order valence-electron chi connectivity index (χ1n) is 6.36. The molecule has 1 aliphatic rings. The van der Waals surface area contributed by atoms with Crippen molar-refractivity contribution in [2.45, 2.75) is 25.3 Å². The molecule has 0 amide bonds. The van der Waals surface area contributed by atoms with Gasteiger partial charge in [-0.1, -0.05) is 5.16 Å². The zero-order chi connectivity index (χ0) is 12.8. The Labute approximate surface area is 108 Å². The van der Waals surface area contributed by atoms with Crippen molar-refractivity contribution in [2.24, 2.45) is 0 Å². The molecule has 4 nitrogen and oxygen atoms in total. The molecule has 0 N–H and O–H groups in total. The minimum absolute atomic E-state index is 0.223. The number of rotatable bonds is 3. The van der Waals surface area contributed by atoms with Crippen LogP contribution in [-0.4, -0.2) is 14.7 Å². The lowest BCUT2D eigenvalue weighted by atomic mass is 10.2. The van der Waals surface area contributed by atoms with E-state index in [1.807, 2.05) is 16.8 Å². The topological polar surface area (TPSA) is 43.9 Å². The third-order valence-electron chi connectivity index (χ3n) is 3.46. The number of hydrogen-bond donors (Lipinski definition) is 0. The third kappa shape index (κ3) is 1.91. The Morgan fingerprint density at radius 3 is 3.05 bits per heavy atom. The minimum atomic E-state index is -0.223. The molecule has 0 atom stereocenters. The van der Waals surface area contributed by atoms with Crippen molar-refractivity contribution in [3.63, 3.8) is 0 Å². The standard InChI is InChI=1S/C14H12FN3O/c15-11-3-4-12-10(7-11)5-6-18(12)8-13-16-14(17-19-13)9-1-2-9/h3-7,9H,1-2,8H2. The molecule has 2 heterocycles. The number of nitrogens with zero attached hydrogens (tertiary/aromatic N) is 3. The van der Waals surface area contributed by atoms with E-state index in [2.05, 4.69) is 10.1 Å². The van der Waals surface area contributed by atoms with E-state index in [-0.39, 0.29) is 5.82 Å². The van der Waals surface area contributed by atoms with Gasteiger partial charge in [-0.15, -0.1) is 0 Å². The number of fused-ring (bicyclic) bond motifs is 1. The van der Waals surface area contributed by atoms with Crippen LogP contribution in [0.25, 0.3) is 10.9 Å². The summed E-state index contributed by atoms with van der Waals surface area (Å²) in [7, 11) is 0. The van der Waals surface area contributed by atoms with Crippen LogP contribution in [0.4, 0.5) is 4.39 Å². The Morgan fingerprint density at radius 2 is 2.21 bits per heavy atom. The van der Waals surface area contributed by atoms with Gasteiger partial charge in [0.25, 0.3) is 0 Å². The van der Waals surface area contributed by atoms with Crippen molar-refractivity contribution in [2.75, 3.05) is 0 Å². The maximum atomic E-state index is 13.1. The molecule has 0 saturated heterocycles. The van der Waals surface area contributed by atoms with Crippen molar-refractivity contribution in [3.8, 4) is 0 Å². The van der Waals surface area contributed by atoms with Crippen LogP contribution in [0.1, 0.15) is 30.5 Å². The van der Waals surface area contributed by atoms with Gasteiger partial charge in [-0.05, 0) is 37.1 Å². The van der Waals surface area contributed by atoms with Crippen LogP contribution in [0.2, 0.25) is 0 Å². The van der Waals surface area contributed by atoms with Gasteiger partial charge in [-0.3, -0.25) is 0 Å². The highest BCUT2D eigenvalue weighted by atomic mass is 19.1. The fraction of sp³-hybridized carbons (Fsp3) is 0.286. The Bertz CT molecular complexity index is 742. The Hall–Kier alpha value is -2.17. The van der Waals surface area contributed by atoms with E-state index in [0.717, 1.165) is 29.6 Å². The highest BCUT2D eigenvalue weighted by molar-refractivity contribution is 5.80. The third-order valence-corrected chi connectivity index (χ3v) is 3.46. The van der Waals surface area contributed by atoms with Crippen molar-refractivity contribution in [1.29, 1.82) is 0 Å². The number of hydrogen-bond acceptors (Lipinski definition) is 3. The lowest BCUT2D eigenvalue weighted by Gasteiger charge is -2.00. The van der Waals surface area contributed by atoms with E-state index in [9.17, 15) is 4.39 Å². The minimum Gasteiger partial charge on any atom is -0.338 e. The van der Waals surface area contributed by atoms with Crippen LogP contribution in [0.3, 0.4) is 0 Å². The predicted molar refractivity (Wildman–Crippen MR) is 67.3 cm³/mol. The first kappa shape index (κ1) is 10.7. The number of halogens is 1. The molecule has 2 aromatic heterocycles. The molecule has 5 heteroatoms. The lowest BCUT2D eigenvalue weighted by Crippen LogP contribution is -1.98. The van der Waals surface area contributed by atoms with E-state index in [1.165, 1.54) is 12.1 Å². The summed E-state index contributed by atoms with van der Waals surface area (Å²) in [4.78, 5) is 4.40. The van der Waals surface area contributed by atoms with Crippen LogP contribution in [0.5, 0.6) is 0 Å². The number of benzene rings is 1. The summed E-state index contributed by atoms with van der Waals surface area (Å²) >= 11 is 0.